The Kier molecular flexibility index (Phi) is 8.18. The Labute approximate surface area is 433 Å². The van der Waals surface area contributed by atoms with Crippen LogP contribution >= 0.6 is 0 Å². The summed E-state index contributed by atoms with van der Waals surface area (Å²) in [5.74, 6) is 0. The minimum atomic E-state index is -0.666. The summed E-state index contributed by atoms with van der Waals surface area (Å²) in [5, 5.41) is 4.53. The second-order valence-electron chi connectivity index (χ2n) is 18.1. The third-order valence-electron chi connectivity index (χ3n) is 12.8. The van der Waals surface area contributed by atoms with E-state index in [1.54, 1.807) is 18.2 Å². The van der Waals surface area contributed by atoms with Crippen LogP contribution in [0, 0.1) is 12.1 Å². The Morgan fingerprint density at radius 1 is 0.557 bits per heavy atom. The van der Waals surface area contributed by atoms with Crippen LogP contribution in [0.5, 0.6) is 0 Å². The number of hydrogen-bond acceptors (Lipinski definition) is 2. The molecule has 0 unspecified atom stereocenters. The van der Waals surface area contributed by atoms with Crippen molar-refractivity contribution in [2.75, 3.05) is 0 Å². The van der Waals surface area contributed by atoms with Crippen molar-refractivity contribution in [3.63, 3.8) is 0 Å². The van der Waals surface area contributed by atoms with Gasteiger partial charge in [-0.05, 0) is 103 Å². The van der Waals surface area contributed by atoms with Crippen molar-refractivity contribution < 1.29 is 39.2 Å². The second-order valence-corrected chi connectivity index (χ2v) is 18.1. The van der Waals surface area contributed by atoms with Crippen molar-refractivity contribution in [3.05, 3.63) is 236 Å². The Balaban J connectivity index is 0.00000637. The van der Waals surface area contributed by atoms with Gasteiger partial charge in [0.15, 0.2) is 0 Å². The number of aromatic nitrogens is 4. The predicted octanol–water partition coefficient (Wildman–Crippen LogP) is 16.8. The van der Waals surface area contributed by atoms with E-state index in [0.29, 0.717) is 11.0 Å². The third-order valence-corrected chi connectivity index (χ3v) is 12.8. The Hall–Kier alpha value is -8.11. The smallest absolute Gasteiger partial charge is 0.136 e. The van der Waals surface area contributed by atoms with E-state index in [0.717, 1.165) is 54.9 Å². The van der Waals surface area contributed by atoms with E-state index < -0.39 is 66.0 Å². The molecule has 0 aliphatic carbocycles. The number of rotatable bonds is 2. The molecule has 13 rings (SSSR count). The van der Waals surface area contributed by atoms with Crippen LogP contribution in [0.1, 0.15) is 40.0 Å². The van der Waals surface area contributed by atoms with E-state index in [1.807, 2.05) is 53.1 Å². The summed E-state index contributed by atoms with van der Waals surface area (Å²) in [5.41, 5.74) is 6.59. The van der Waals surface area contributed by atoms with Gasteiger partial charge in [0.05, 0.1) is 16.5 Å². The Morgan fingerprint density at radius 2 is 1.30 bits per heavy atom. The van der Waals surface area contributed by atoms with Crippen LogP contribution in [0.2, 0.25) is 0 Å². The van der Waals surface area contributed by atoms with E-state index in [2.05, 4.69) is 129 Å². The van der Waals surface area contributed by atoms with Crippen molar-refractivity contribution in [2.24, 2.45) is 0 Å². The van der Waals surface area contributed by atoms with Gasteiger partial charge in [-0.25, -0.2) is 4.98 Å². The number of pyridine rings is 1. The molecule has 1 aliphatic heterocycles. The van der Waals surface area contributed by atoms with Crippen LogP contribution in [0.25, 0.3) is 116 Å². The summed E-state index contributed by atoms with van der Waals surface area (Å²) in [4.78, 5) is 5.21. The molecule has 0 saturated heterocycles. The van der Waals surface area contributed by atoms with Crippen LogP contribution in [-0.4, -0.2) is 18.5 Å². The van der Waals surface area contributed by atoms with E-state index in [-0.39, 0.29) is 70.7 Å². The standard InChI is InChI=1S/C64H45N4O.Pt/c1-64(2,3)47-21-12-19-45(37-47)52-26-14-27-55-53-25-8-7-24-51(53)44-18-11-20-46(36-44)57-28-15-31-62(65-57)68-58-35-32-43(42-16-5-4-6-17-42)38-56(58)54-34-33-50(40-61(54)68)69-49-23-13-22-48(39-49)66-41-67(63(52)55)60-30-10-9-29-59(60)66;/h4-38,41H,1-3H3;/q-3;/i4D,5D,6D,16D,17D,32D,33D,34D,35D,38D;. The molecule has 0 radical (unpaired) electrons. The molecule has 1 aliphatic rings. The van der Waals surface area contributed by atoms with E-state index in [1.165, 1.54) is 9.96 Å². The average Bonchev–Trinajstić information content (AvgIpc) is 4.20. The van der Waals surface area contributed by atoms with E-state index >= 15 is 0 Å². The maximum absolute atomic E-state index is 9.79. The fourth-order valence-corrected chi connectivity index (χ4v) is 9.53. The van der Waals surface area contributed by atoms with E-state index in [4.69, 9.17) is 16.3 Å². The zero-order valence-corrected chi connectivity index (χ0v) is 40.3. The normalized spacial score (nSPS) is 13.8. The summed E-state index contributed by atoms with van der Waals surface area (Å²) in [6, 6.07) is 51.7. The molecule has 5 nitrogen and oxygen atoms in total. The maximum atomic E-state index is 9.79. The second kappa shape index (κ2) is 17.1. The summed E-state index contributed by atoms with van der Waals surface area (Å²) in [7, 11) is 0. The molecule has 6 heteroatoms. The number of benzene rings is 9. The molecule has 70 heavy (non-hydrogen) atoms. The molecular formula is C64H45N4OPt-3. The van der Waals surface area contributed by atoms with Crippen LogP contribution in [0.15, 0.2) is 223 Å². The number of fused-ring (bicyclic) bond motifs is 23. The molecule has 4 heterocycles. The molecule has 10 bridgehead atoms. The molecule has 0 N–H and O–H groups in total. The van der Waals surface area contributed by atoms with Gasteiger partial charge in [0.25, 0.3) is 0 Å². The molecule has 340 valence electrons. The van der Waals surface area contributed by atoms with Crippen molar-refractivity contribution >= 4 is 82.1 Å². The molecule has 0 spiro atoms. The van der Waals surface area contributed by atoms with Crippen LogP contribution in [0.3, 0.4) is 0 Å². The molecular weight excluding hydrogens is 1040 g/mol. The molecule has 0 amide bonds. The summed E-state index contributed by atoms with van der Waals surface area (Å²) in [6.45, 7) is 6.66. The van der Waals surface area contributed by atoms with Gasteiger partial charge in [0.1, 0.15) is 5.65 Å². The van der Waals surface area contributed by atoms with Crippen molar-refractivity contribution in [3.8, 4) is 33.6 Å². The minimum Gasteiger partial charge on any atom is -0.510 e. The van der Waals surface area contributed by atoms with Gasteiger partial charge in [-0.2, -0.15) is 24.2 Å². The maximum Gasteiger partial charge on any atom is 0.136 e. The van der Waals surface area contributed by atoms with Crippen LogP contribution < -0.4 is 0 Å². The summed E-state index contributed by atoms with van der Waals surface area (Å²) >= 11 is 0. The molecule has 3 aromatic heterocycles. The van der Waals surface area contributed by atoms with Crippen LogP contribution in [0.4, 0.5) is 0 Å². The molecule has 12 aromatic rings. The molecule has 0 saturated carbocycles. The number of para-hydroxylation sites is 3. The monoisotopic (exact) mass is 1090 g/mol. The van der Waals surface area contributed by atoms with Gasteiger partial charge in [-0.3, -0.25) is 0 Å². The summed E-state index contributed by atoms with van der Waals surface area (Å²) < 4.78 is 103. The fourth-order valence-electron chi connectivity index (χ4n) is 9.53. The first-order valence-corrected chi connectivity index (χ1v) is 22.7. The SMILES string of the molecule is [2H]c1c([2H])c([2H])c(-c2c([2H])c([2H])c3c(c2[2H])c2c([2H])c([2H])c4[c-]c2n3c2cccc(n2)c2cccc(c2)c2ccccc2c2cccc(-c3cccc(C(C)(C)C)c3)c2n2[cH-]n(c3[c-]c(ccc3)o4)-c3ccccc3-2)c([2H])c1[2H].[Pt]. The van der Waals surface area contributed by atoms with Gasteiger partial charge in [0.2, 0.25) is 0 Å². The average molecular weight is 1090 g/mol. The van der Waals surface area contributed by atoms with Crippen molar-refractivity contribution in [1.29, 1.82) is 0 Å². The quantitative estimate of drug-likeness (QED) is 0.162. The number of imidazole rings is 1. The predicted molar refractivity (Wildman–Crippen MR) is 287 cm³/mol. The molecule has 9 aromatic carbocycles. The first kappa shape index (κ1) is 33.4. The topological polar surface area (TPSA) is 40.3 Å². The first-order chi connectivity index (χ1) is 38.0. The van der Waals surface area contributed by atoms with Crippen molar-refractivity contribution in [2.45, 2.75) is 26.2 Å². The Bertz CT molecular complexity index is 4900. The van der Waals surface area contributed by atoms with Gasteiger partial charge in [-0.1, -0.05) is 184 Å². The van der Waals surface area contributed by atoms with Gasteiger partial charge in [0, 0.05) is 50.8 Å². The number of nitrogens with zero attached hydrogens (tertiary/aromatic N) is 4. The van der Waals surface area contributed by atoms with Crippen molar-refractivity contribution in [1.82, 2.24) is 18.5 Å². The third kappa shape index (κ3) is 7.37. The fraction of sp³-hybridized carbons (Fsp3) is 0.0625. The Morgan fingerprint density at radius 3 is 2.16 bits per heavy atom. The zero-order chi connectivity index (χ0) is 54.9. The molecule has 0 atom stereocenters. The van der Waals surface area contributed by atoms with Gasteiger partial charge in [-0.15, -0.1) is 29.1 Å². The van der Waals surface area contributed by atoms with Crippen LogP contribution in [-0.2, 0) is 26.5 Å². The van der Waals surface area contributed by atoms with Gasteiger partial charge >= 0.3 is 0 Å². The van der Waals surface area contributed by atoms with E-state index in [9.17, 15) is 6.85 Å². The van der Waals surface area contributed by atoms with Gasteiger partial charge < -0.3 is 18.0 Å². The zero-order valence-electron chi connectivity index (χ0n) is 48.0. The summed E-state index contributed by atoms with van der Waals surface area (Å²) in [6.07, 6.45) is 2.06. The minimum absolute atomic E-state index is 0. The largest absolute Gasteiger partial charge is 0.510 e. The molecule has 0 fully saturated rings. The number of hydrogen-bond donors (Lipinski definition) is 0. The first-order valence-electron chi connectivity index (χ1n) is 27.7.